The van der Waals surface area contributed by atoms with Crippen molar-refractivity contribution in [3.8, 4) is 0 Å². The first-order valence-corrected chi connectivity index (χ1v) is 3.52. The molecule has 1 rings (SSSR count). The Hall–Kier alpha value is -0.780. The fourth-order valence-electron chi connectivity index (χ4n) is 1.34. The molecule has 1 fully saturated rings. The van der Waals surface area contributed by atoms with Gasteiger partial charge in [-0.15, -0.1) is 0 Å². The van der Waals surface area contributed by atoms with Gasteiger partial charge in [-0.3, -0.25) is 10.1 Å². The molecule has 0 radical (unpaired) electrons. The largest absolute Gasteiger partial charge is 0.415 e. The Morgan fingerprint density at radius 3 is 2.25 bits per heavy atom. The number of halogens is 3. The number of rotatable bonds is 1. The van der Waals surface area contributed by atoms with Gasteiger partial charge in [0.1, 0.15) is 0 Å². The summed E-state index contributed by atoms with van der Waals surface area (Å²) in [6.07, 6.45) is -4.52. The SMILES string of the molecule is NC(=O)C1(C(F)(F)F)CCCN1. The average Bonchev–Trinajstić information content (AvgIpc) is 2.31. The minimum absolute atomic E-state index is 0.183. The van der Waals surface area contributed by atoms with Crippen LogP contribution in [0.15, 0.2) is 0 Å². The van der Waals surface area contributed by atoms with Gasteiger partial charge in [0.15, 0.2) is 5.54 Å². The van der Waals surface area contributed by atoms with E-state index in [4.69, 9.17) is 5.73 Å². The first-order chi connectivity index (χ1) is 5.40. The summed E-state index contributed by atoms with van der Waals surface area (Å²) < 4.78 is 36.9. The lowest BCUT2D eigenvalue weighted by atomic mass is 9.96. The molecule has 0 aromatic rings. The monoisotopic (exact) mass is 182 g/mol. The molecule has 0 spiro atoms. The molecule has 1 aliphatic heterocycles. The van der Waals surface area contributed by atoms with Crippen LogP contribution in [0.4, 0.5) is 13.2 Å². The third-order valence-corrected chi connectivity index (χ3v) is 2.06. The lowest BCUT2D eigenvalue weighted by Crippen LogP contribution is -2.61. The highest BCUT2D eigenvalue weighted by molar-refractivity contribution is 5.86. The molecule has 0 bridgehead atoms. The first-order valence-electron chi connectivity index (χ1n) is 3.52. The van der Waals surface area contributed by atoms with Crippen LogP contribution in [0.5, 0.6) is 0 Å². The maximum Gasteiger partial charge on any atom is 0.415 e. The van der Waals surface area contributed by atoms with Gasteiger partial charge in [0.25, 0.3) is 0 Å². The zero-order valence-electron chi connectivity index (χ0n) is 6.24. The van der Waals surface area contributed by atoms with Crippen LogP contribution < -0.4 is 11.1 Å². The van der Waals surface area contributed by atoms with Crippen LogP contribution in [0, 0.1) is 0 Å². The number of alkyl halides is 3. The van der Waals surface area contributed by atoms with Gasteiger partial charge in [0, 0.05) is 0 Å². The topological polar surface area (TPSA) is 55.1 Å². The van der Waals surface area contributed by atoms with Gasteiger partial charge in [0.05, 0.1) is 0 Å². The number of nitrogens with two attached hydrogens (primary N) is 1. The molecule has 0 aliphatic carbocycles. The van der Waals surface area contributed by atoms with Crippen molar-refractivity contribution in [3.05, 3.63) is 0 Å². The van der Waals surface area contributed by atoms with E-state index in [1.807, 2.05) is 0 Å². The van der Waals surface area contributed by atoms with Crippen molar-refractivity contribution in [1.29, 1.82) is 0 Å². The van der Waals surface area contributed by atoms with Crippen molar-refractivity contribution < 1.29 is 18.0 Å². The summed E-state index contributed by atoms with van der Waals surface area (Å²) in [6.45, 7) is 0.183. The van der Waals surface area contributed by atoms with Crippen LogP contribution in [-0.2, 0) is 4.79 Å². The first kappa shape index (κ1) is 9.31. The smallest absolute Gasteiger partial charge is 0.368 e. The van der Waals surface area contributed by atoms with E-state index in [0.717, 1.165) is 0 Å². The molecular formula is C6H9F3N2O. The molecule has 1 aliphatic rings. The number of carbonyl (C=O) groups excluding carboxylic acids is 1. The third-order valence-electron chi connectivity index (χ3n) is 2.06. The molecule has 6 heteroatoms. The molecule has 0 saturated carbocycles. The zero-order valence-corrected chi connectivity index (χ0v) is 6.24. The van der Waals surface area contributed by atoms with E-state index >= 15 is 0 Å². The predicted molar refractivity (Wildman–Crippen MR) is 35.2 cm³/mol. The van der Waals surface area contributed by atoms with E-state index in [1.54, 1.807) is 0 Å². The summed E-state index contributed by atoms with van der Waals surface area (Å²) >= 11 is 0. The predicted octanol–water partition coefficient (Wildman–Crippen LogP) is 0.156. The molecule has 1 heterocycles. The third kappa shape index (κ3) is 1.16. The second-order valence-corrected chi connectivity index (χ2v) is 2.80. The summed E-state index contributed by atoms with van der Waals surface area (Å²) in [7, 11) is 0. The standard InChI is InChI=1S/C6H9F3N2O/c7-6(8,9)5(4(10)12)2-1-3-11-5/h11H,1-3H2,(H2,10,12). The Kier molecular flexibility index (Phi) is 2.03. The van der Waals surface area contributed by atoms with Gasteiger partial charge in [-0.25, -0.2) is 0 Å². The fourth-order valence-corrected chi connectivity index (χ4v) is 1.34. The number of hydrogen-bond donors (Lipinski definition) is 2. The lowest BCUT2D eigenvalue weighted by Gasteiger charge is -2.28. The minimum atomic E-state index is -4.59. The van der Waals surface area contributed by atoms with E-state index < -0.39 is 17.6 Å². The summed E-state index contributed by atoms with van der Waals surface area (Å²) in [5.74, 6) is -1.34. The highest BCUT2D eigenvalue weighted by atomic mass is 19.4. The lowest BCUT2D eigenvalue weighted by molar-refractivity contribution is -0.194. The number of carbonyl (C=O) groups is 1. The Morgan fingerprint density at radius 2 is 2.08 bits per heavy atom. The Labute approximate surface area is 67.1 Å². The fraction of sp³-hybridized carbons (Fsp3) is 0.833. The number of nitrogens with one attached hydrogen (secondary N) is 1. The van der Waals surface area contributed by atoms with Crippen LogP contribution >= 0.6 is 0 Å². The van der Waals surface area contributed by atoms with Crippen molar-refractivity contribution in [1.82, 2.24) is 5.32 Å². The molecule has 12 heavy (non-hydrogen) atoms. The molecule has 1 unspecified atom stereocenters. The number of amides is 1. The van der Waals surface area contributed by atoms with Crippen LogP contribution in [-0.4, -0.2) is 24.2 Å². The minimum Gasteiger partial charge on any atom is -0.368 e. The van der Waals surface area contributed by atoms with Crippen molar-refractivity contribution in [3.63, 3.8) is 0 Å². The highest BCUT2D eigenvalue weighted by Crippen LogP contribution is 2.36. The van der Waals surface area contributed by atoms with E-state index in [1.165, 1.54) is 0 Å². The summed E-state index contributed by atoms with van der Waals surface area (Å²) in [4.78, 5) is 10.6. The Bertz CT molecular complexity index is 195. The Balaban J connectivity index is 2.94. The Morgan fingerprint density at radius 1 is 1.50 bits per heavy atom. The zero-order chi connectivity index (χ0) is 9.41. The molecular weight excluding hydrogens is 173 g/mol. The van der Waals surface area contributed by atoms with Gasteiger partial charge in [0.2, 0.25) is 5.91 Å². The van der Waals surface area contributed by atoms with Gasteiger partial charge in [-0.1, -0.05) is 0 Å². The van der Waals surface area contributed by atoms with E-state index in [-0.39, 0.29) is 13.0 Å². The molecule has 1 atom stereocenters. The average molecular weight is 182 g/mol. The second kappa shape index (κ2) is 2.62. The van der Waals surface area contributed by atoms with Crippen LogP contribution in [0.1, 0.15) is 12.8 Å². The molecule has 0 aromatic carbocycles. The molecule has 3 nitrogen and oxygen atoms in total. The van der Waals surface area contributed by atoms with Crippen LogP contribution in [0.2, 0.25) is 0 Å². The number of hydrogen-bond acceptors (Lipinski definition) is 2. The van der Waals surface area contributed by atoms with Gasteiger partial charge in [-0.05, 0) is 19.4 Å². The second-order valence-electron chi connectivity index (χ2n) is 2.80. The van der Waals surface area contributed by atoms with Crippen molar-refractivity contribution >= 4 is 5.91 Å². The maximum atomic E-state index is 12.3. The molecule has 1 amide bonds. The maximum absolute atomic E-state index is 12.3. The molecule has 70 valence electrons. The number of primary amides is 1. The van der Waals surface area contributed by atoms with Crippen molar-refractivity contribution in [2.45, 2.75) is 24.6 Å². The normalized spacial score (nSPS) is 30.6. The molecule has 0 aromatic heterocycles. The molecule has 3 N–H and O–H groups in total. The van der Waals surface area contributed by atoms with Crippen molar-refractivity contribution in [2.24, 2.45) is 5.73 Å². The van der Waals surface area contributed by atoms with Crippen LogP contribution in [0.25, 0.3) is 0 Å². The quantitative estimate of drug-likeness (QED) is 0.606. The van der Waals surface area contributed by atoms with Gasteiger partial charge < -0.3 is 5.73 Å². The summed E-state index contributed by atoms with van der Waals surface area (Å²) in [5, 5.41) is 2.11. The van der Waals surface area contributed by atoms with Gasteiger partial charge >= 0.3 is 6.18 Å². The van der Waals surface area contributed by atoms with Crippen molar-refractivity contribution in [2.75, 3.05) is 6.54 Å². The van der Waals surface area contributed by atoms with Gasteiger partial charge in [-0.2, -0.15) is 13.2 Å². The van der Waals surface area contributed by atoms with Crippen LogP contribution in [0.3, 0.4) is 0 Å². The van der Waals surface area contributed by atoms with E-state index in [2.05, 4.69) is 5.32 Å². The summed E-state index contributed by atoms with van der Waals surface area (Å²) in [5.41, 5.74) is 2.22. The highest BCUT2D eigenvalue weighted by Gasteiger charge is 2.60. The summed E-state index contributed by atoms with van der Waals surface area (Å²) in [6, 6.07) is 0. The molecule has 1 saturated heterocycles. The van der Waals surface area contributed by atoms with E-state index in [0.29, 0.717) is 6.42 Å². The van der Waals surface area contributed by atoms with E-state index in [9.17, 15) is 18.0 Å².